The van der Waals surface area contributed by atoms with Crippen molar-refractivity contribution in [2.24, 2.45) is 4.99 Å². The van der Waals surface area contributed by atoms with Gasteiger partial charge in [0.05, 0.1) is 17.2 Å². The van der Waals surface area contributed by atoms with Gasteiger partial charge in [-0.25, -0.2) is 9.78 Å². The molecular formula is C18H31N5O2S. The summed E-state index contributed by atoms with van der Waals surface area (Å²) in [4.78, 5) is 22.9. The molecule has 0 spiro atoms. The van der Waals surface area contributed by atoms with Gasteiger partial charge in [0, 0.05) is 31.6 Å². The quantitative estimate of drug-likeness (QED) is 0.619. The molecule has 26 heavy (non-hydrogen) atoms. The van der Waals surface area contributed by atoms with Crippen LogP contribution < -0.4 is 10.6 Å². The lowest BCUT2D eigenvalue weighted by Crippen LogP contribution is -2.53. The highest BCUT2D eigenvalue weighted by atomic mass is 32.1. The number of aromatic nitrogens is 1. The second-order valence-electron chi connectivity index (χ2n) is 7.42. The highest BCUT2D eigenvalue weighted by molar-refractivity contribution is 7.09. The van der Waals surface area contributed by atoms with Crippen molar-refractivity contribution in [3.8, 4) is 0 Å². The van der Waals surface area contributed by atoms with Crippen molar-refractivity contribution in [3.05, 3.63) is 16.1 Å². The number of amides is 1. The van der Waals surface area contributed by atoms with Gasteiger partial charge in [0.1, 0.15) is 5.60 Å². The van der Waals surface area contributed by atoms with E-state index in [0.717, 1.165) is 42.5 Å². The first-order valence-electron chi connectivity index (χ1n) is 9.19. The number of guanidine groups is 1. The molecule has 1 unspecified atom stereocenters. The summed E-state index contributed by atoms with van der Waals surface area (Å²) in [7, 11) is 1.75. The van der Waals surface area contributed by atoms with Crippen LogP contribution in [0.4, 0.5) is 4.79 Å². The topological polar surface area (TPSA) is 78.9 Å². The molecular weight excluding hydrogens is 350 g/mol. The van der Waals surface area contributed by atoms with Crippen LogP contribution in [0.3, 0.4) is 0 Å². The normalized spacial score (nSPS) is 18.6. The molecule has 146 valence electrons. The SMILES string of the molecule is CCc1nc(CNC(=NC)NC2CCCN(C(=O)OC(C)(C)C)C2)cs1. The minimum absolute atomic E-state index is 0.157. The van der Waals surface area contributed by atoms with Gasteiger partial charge in [-0.15, -0.1) is 11.3 Å². The van der Waals surface area contributed by atoms with Crippen molar-refractivity contribution >= 4 is 23.4 Å². The summed E-state index contributed by atoms with van der Waals surface area (Å²) in [5.74, 6) is 0.729. The van der Waals surface area contributed by atoms with Crippen molar-refractivity contribution in [1.29, 1.82) is 0 Å². The van der Waals surface area contributed by atoms with E-state index >= 15 is 0 Å². The van der Waals surface area contributed by atoms with Crippen LogP contribution in [0.15, 0.2) is 10.4 Å². The van der Waals surface area contributed by atoms with E-state index in [2.05, 4.69) is 32.9 Å². The summed E-state index contributed by atoms with van der Waals surface area (Å²) in [5.41, 5.74) is 0.550. The van der Waals surface area contributed by atoms with Crippen molar-refractivity contribution < 1.29 is 9.53 Å². The van der Waals surface area contributed by atoms with E-state index in [1.165, 1.54) is 0 Å². The number of hydrogen-bond acceptors (Lipinski definition) is 5. The Bertz CT molecular complexity index is 623. The van der Waals surface area contributed by atoms with Crippen LogP contribution in [0.5, 0.6) is 0 Å². The summed E-state index contributed by atoms with van der Waals surface area (Å²) in [6, 6.07) is 0.157. The van der Waals surface area contributed by atoms with Crippen molar-refractivity contribution in [2.45, 2.75) is 65.1 Å². The molecule has 1 fully saturated rings. The molecule has 0 bridgehead atoms. The van der Waals surface area contributed by atoms with Gasteiger partial charge in [-0.2, -0.15) is 0 Å². The minimum atomic E-state index is -0.472. The van der Waals surface area contributed by atoms with Gasteiger partial charge in [-0.05, 0) is 40.0 Å². The van der Waals surface area contributed by atoms with Crippen LogP contribution in [0, 0.1) is 0 Å². The molecule has 1 aliphatic heterocycles. The lowest BCUT2D eigenvalue weighted by molar-refractivity contribution is 0.0193. The smallest absolute Gasteiger partial charge is 0.410 e. The number of aryl methyl sites for hydroxylation is 1. The summed E-state index contributed by atoms with van der Waals surface area (Å²) in [6.07, 6.45) is 2.65. The monoisotopic (exact) mass is 381 g/mol. The van der Waals surface area contributed by atoms with Crippen molar-refractivity contribution in [3.63, 3.8) is 0 Å². The lowest BCUT2D eigenvalue weighted by Gasteiger charge is -2.35. The molecule has 1 amide bonds. The number of nitrogens with zero attached hydrogens (tertiary/aromatic N) is 3. The molecule has 2 rings (SSSR count). The molecule has 1 aromatic heterocycles. The number of carbonyl (C=O) groups is 1. The van der Waals surface area contributed by atoms with Gasteiger partial charge < -0.3 is 20.3 Å². The first-order valence-corrected chi connectivity index (χ1v) is 10.1. The Labute approximate surface area is 160 Å². The molecule has 1 saturated heterocycles. The molecule has 7 nitrogen and oxygen atoms in total. The van der Waals surface area contributed by atoms with Crippen molar-refractivity contribution in [2.75, 3.05) is 20.1 Å². The highest BCUT2D eigenvalue weighted by Gasteiger charge is 2.28. The number of piperidine rings is 1. The van der Waals surface area contributed by atoms with Crippen LogP contribution in [-0.2, 0) is 17.7 Å². The molecule has 1 aliphatic rings. The molecule has 0 radical (unpaired) electrons. The molecule has 0 aliphatic carbocycles. The highest BCUT2D eigenvalue weighted by Crippen LogP contribution is 2.15. The van der Waals surface area contributed by atoms with Crippen molar-refractivity contribution in [1.82, 2.24) is 20.5 Å². The zero-order valence-corrected chi connectivity index (χ0v) is 17.3. The van der Waals surface area contributed by atoms with Gasteiger partial charge in [0.2, 0.25) is 0 Å². The number of carbonyl (C=O) groups excluding carboxylic acids is 1. The second-order valence-corrected chi connectivity index (χ2v) is 8.36. The fourth-order valence-corrected chi connectivity index (χ4v) is 3.49. The molecule has 0 saturated carbocycles. The maximum Gasteiger partial charge on any atom is 0.410 e. The second kappa shape index (κ2) is 9.21. The Balaban J connectivity index is 1.84. The van der Waals surface area contributed by atoms with Gasteiger partial charge in [0.15, 0.2) is 5.96 Å². The number of likely N-dealkylation sites (tertiary alicyclic amines) is 1. The minimum Gasteiger partial charge on any atom is -0.444 e. The maximum atomic E-state index is 12.3. The van der Waals surface area contributed by atoms with Crippen LogP contribution in [0.2, 0.25) is 0 Å². The first kappa shape index (κ1) is 20.5. The number of aliphatic imine (C=N–C) groups is 1. The largest absolute Gasteiger partial charge is 0.444 e. The van der Waals surface area contributed by atoms with E-state index in [-0.39, 0.29) is 12.1 Å². The van der Waals surface area contributed by atoms with E-state index in [9.17, 15) is 4.79 Å². The summed E-state index contributed by atoms with van der Waals surface area (Å²) in [5, 5.41) is 9.93. The standard InChI is InChI=1S/C18H31N5O2S/c1-6-15-21-14(12-26-15)10-20-16(19-5)22-13-8-7-9-23(11-13)17(24)25-18(2,3)4/h12-13H,6-11H2,1-5H3,(H2,19,20,22). The van der Waals surface area contributed by atoms with E-state index in [1.807, 2.05) is 20.8 Å². The fourth-order valence-electron chi connectivity index (χ4n) is 2.74. The third kappa shape index (κ3) is 6.48. The summed E-state index contributed by atoms with van der Waals surface area (Å²) < 4.78 is 5.48. The summed E-state index contributed by atoms with van der Waals surface area (Å²) in [6.45, 7) is 9.76. The fraction of sp³-hybridized carbons (Fsp3) is 0.722. The number of rotatable bonds is 4. The molecule has 1 atom stereocenters. The Morgan fingerprint density at radius 1 is 1.50 bits per heavy atom. The molecule has 1 aromatic rings. The predicted octanol–water partition coefficient (Wildman–Crippen LogP) is 2.77. The Kier molecular flexibility index (Phi) is 7.25. The Morgan fingerprint density at radius 3 is 2.88 bits per heavy atom. The first-order chi connectivity index (χ1) is 12.3. The Morgan fingerprint density at radius 2 is 2.27 bits per heavy atom. The van der Waals surface area contributed by atoms with Gasteiger partial charge in [-0.3, -0.25) is 4.99 Å². The van der Waals surface area contributed by atoms with Gasteiger partial charge in [-0.1, -0.05) is 6.92 Å². The van der Waals surface area contributed by atoms with Crippen LogP contribution in [0.1, 0.15) is 51.2 Å². The lowest BCUT2D eigenvalue weighted by atomic mass is 10.1. The van der Waals surface area contributed by atoms with E-state index in [0.29, 0.717) is 13.1 Å². The van der Waals surface area contributed by atoms with Crippen LogP contribution >= 0.6 is 11.3 Å². The van der Waals surface area contributed by atoms with E-state index in [1.54, 1.807) is 23.3 Å². The zero-order valence-electron chi connectivity index (χ0n) is 16.5. The average molecular weight is 382 g/mol. The molecule has 0 aromatic carbocycles. The zero-order chi connectivity index (χ0) is 19.2. The maximum absolute atomic E-state index is 12.3. The molecule has 8 heteroatoms. The summed E-state index contributed by atoms with van der Waals surface area (Å²) >= 11 is 1.68. The molecule has 2 heterocycles. The predicted molar refractivity (Wildman–Crippen MR) is 106 cm³/mol. The third-order valence-electron chi connectivity index (χ3n) is 3.98. The molecule has 2 N–H and O–H groups in total. The number of ether oxygens (including phenoxy) is 1. The third-order valence-corrected chi connectivity index (χ3v) is 5.02. The van der Waals surface area contributed by atoms with Gasteiger partial charge >= 0.3 is 6.09 Å². The van der Waals surface area contributed by atoms with Crippen LogP contribution in [-0.4, -0.2) is 53.7 Å². The number of nitrogens with one attached hydrogen (secondary N) is 2. The van der Waals surface area contributed by atoms with Crippen LogP contribution in [0.25, 0.3) is 0 Å². The Hall–Kier alpha value is -1.83. The number of thiazole rings is 1. The van der Waals surface area contributed by atoms with E-state index < -0.39 is 5.60 Å². The van der Waals surface area contributed by atoms with E-state index in [4.69, 9.17) is 4.74 Å². The average Bonchev–Trinajstić information content (AvgIpc) is 3.05. The number of hydrogen-bond donors (Lipinski definition) is 2. The van der Waals surface area contributed by atoms with Gasteiger partial charge in [0.25, 0.3) is 0 Å².